The number of carbonyl (C=O) groups is 2. The lowest BCUT2D eigenvalue weighted by Gasteiger charge is -2.14. The molecule has 0 radical (unpaired) electrons. The third-order valence-electron chi connectivity index (χ3n) is 2.95. The van der Waals surface area contributed by atoms with Gasteiger partial charge in [-0.05, 0) is 19.1 Å². The van der Waals surface area contributed by atoms with Crippen molar-refractivity contribution in [1.29, 1.82) is 0 Å². The molecule has 2 rings (SSSR count). The fourth-order valence-corrected chi connectivity index (χ4v) is 1.70. The standard InChI is InChI=1S/C11H10F3N3O2/c1-6-9(18)17(10(19)16(6)2)8-5-7(3-4-15-8)11(12,13)14/h3-6H,1-2H3. The van der Waals surface area contributed by atoms with Crippen LogP contribution in [0.15, 0.2) is 18.3 Å². The number of rotatable bonds is 1. The first-order valence-corrected chi connectivity index (χ1v) is 5.37. The molecule has 1 saturated heterocycles. The Hall–Kier alpha value is -2.12. The summed E-state index contributed by atoms with van der Waals surface area (Å²) in [5, 5.41) is 0. The number of hydrogen-bond donors (Lipinski definition) is 0. The van der Waals surface area contributed by atoms with Gasteiger partial charge in [0.2, 0.25) is 0 Å². The van der Waals surface area contributed by atoms with Crippen LogP contribution >= 0.6 is 0 Å². The van der Waals surface area contributed by atoms with Crippen LogP contribution in [0.2, 0.25) is 0 Å². The number of halogens is 3. The molecule has 1 unspecified atom stereocenters. The minimum absolute atomic E-state index is 0.318. The van der Waals surface area contributed by atoms with Gasteiger partial charge in [-0.2, -0.15) is 13.2 Å². The van der Waals surface area contributed by atoms with E-state index in [9.17, 15) is 22.8 Å². The maximum atomic E-state index is 12.6. The van der Waals surface area contributed by atoms with Gasteiger partial charge in [0.25, 0.3) is 5.91 Å². The fraction of sp³-hybridized carbons (Fsp3) is 0.364. The molecule has 1 aromatic rings. The highest BCUT2D eigenvalue weighted by Crippen LogP contribution is 2.32. The number of pyridine rings is 1. The van der Waals surface area contributed by atoms with Crippen LogP contribution in [0.1, 0.15) is 12.5 Å². The first-order chi connectivity index (χ1) is 8.73. The molecule has 3 amide bonds. The van der Waals surface area contributed by atoms with E-state index in [1.54, 1.807) is 0 Å². The molecule has 102 valence electrons. The van der Waals surface area contributed by atoms with Crippen molar-refractivity contribution >= 4 is 17.8 Å². The number of carbonyl (C=O) groups excluding carboxylic acids is 2. The SMILES string of the molecule is CC1C(=O)N(c2cc(C(F)(F)F)ccn2)C(=O)N1C. The van der Waals surface area contributed by atoms with Crippen LogP contribution in [-0.4, -0.2) is 34.9 Å². The summed E-state index contributed by atoms with van der Waals surface area (Å²) >= 11 is 0. The molecule has 19 heavy (non-hydrogen) atoms. The Morgan fingerprint density at radius 1 is 1.32 bits per heavy atom. The van der Waals surface area contributed by atoms with Crippen molar-refractivity contribution in [1.82, 2.24) is 9.88 Å². The summed E-state index contributed by atoms with van der Waals surface area (Å²) in [5.74, 6) is -0.916. The third-order valence-corrected chi connectivity index (χ3v) is 2.95. The lowest BCUT2D eigenvalue weighted by atomic mass is 10.2. The van der Waals surface area contributed by atoms with Gasteiger partial charge in [0, 0.05) is 13.2 Å². The number of amides is 3. The summed E-state index contributed by atoms with van der Waals surface area (Å²) in [6.45, 7) is 1.49. The average Bonchev–Trinajstić information content (AvgIpc) is 2.53. The molecule has 1 fully saturated rings. The van der Waals surface area contributed by atoms with Crippen molar-refractivity contribution in [3.05, 3.63) is 23.9 Å². The van der Waals surface area contributed by atoms with E-state index in [4.69, 9.17) is 0 Å². The molecule has 1 aliphatic heterocycles. The van der Waals surface area contributed by atoms with E-state index in [2.05, 4.69) is 4.98 Å². The zero-order chi connectivity index (χ0) is 14.4. The second-order valence-electron chi connectivity index (χ2n) is 4.14. The third kappa shape index (κ3) is 2.13. The van der Waals surface area contributed by atoms with E-state index in [1.165, 1.54) is 14.0 Å². The smallest absolute Gasteiger partial charge is 0.315 e. The van der Waals surface area contributed by atoms with Gasteiger partial charge in [-0.25, -0.2) is 14.7 Å². The molecule has 1 aliphatic rings. The van der Waals surface area contributed by atoms with E-state index >= 15 is 0 Å². The summed E-state index contributed by atoms with van der Waals surface area (Å²) < 4.78 is 37.7. The molecule has 0 saturated carbocycles. The number of imide groups is 1. The summed E-state index contributed by atoms with van der Waals surface area (Å²) in [6, 6.07) is 0.0525. The largest absolute Gasteiger partial charge is 0.416 e. The maximum Gasteiger partial charge on any atom is 0.416 e. The highest BCUT2D eigenvalue weighted by Gasteiger charge is 2.42. The highest BCUT2D eigenvalue weighted by atomic mass is 19.4. The van der Waals surface area contributed by atoms with Gasteiger partial charge in [0.15, 0.2) is 0 Å². The minimum Gasteiger partial charge on any atom is -0.315 e. The molecule has 0 spiro atoms. The van der Waals surface area contributed by atoms with Crippen LogP contribution in [-0.2, 0) is 11.0 Å². The monoisotopic (exact) mass is 273 g/mol. The van der Waals surface area contributed by atoms with E-state index in [0.29, 0.717) is 11.0 Å². The van der Waals surface area contributed by atoms with Crippen molar-refractivity contribution < 1.29 is 22.8 Å². The first-order valence-electron chi connectivity index (χ1n) is 5.37. The molecule has 5 nitrogen and oxygen atoms in total. The zero-order valence-electron chi connectivity index (χ0n) is 10.1. The predicted octanol–water partition coefficient (Wildman–Crippen LogP) is 1.89. The van der Waals surface area contributed by atoms with Crippen molar-refractivity contribution in [2.45, 2.75) is 19.1 Å². The molecule has 0 N–H and O–H groups in total. The topological polar surface area (TPSA) is 53.5 Å². The average molecular weight is 273 g/mol. The molecule has 0 aliphatic carbocycles. The van der Waals surface area contributed by atoms with Crippen LogP contribution in [0.5, 0.6) is 0 Å². The Morgan fingerprint density at radius 2 is 1.95 bits per heavy atom. The maximum absolute atomic E-state index is 12.6. The van der Waals surface area contributed by atoms with Crippen LogP contribution in [0.3, 0.4) is 0 Å². The molecule has 1 aromatic heterocycles. The van der Waals surface area contributed by atoms with Gasteiger partial charge >= 0.3 is 12.2 Å². The number of anilines is 1. The number of alkyl halides is 3. The fourth-order valence-electron chi connectivity index (χ4n) is 1.70. The van der Waals surface area contributed by atoms with Gasteiger partial charge in [-0.3, -0.25) is 4.79 Å². The lowest BCUT2D eigenvalue weighted by Crippen LogP contribution is -2.32. The molecule has 0 bridgehead atoms. The number of urea groups is 1. The number of aromatic nitrogens is 1. The first kappa shape index (κ1) is 13.3. The summed E-state index contributed by atoms with van der Waals surface area (Å²) in [7, 11) is 1.40. The predicted molar refractivity (Wildman–Crippen MR) is 59.3 cm³/mol. The highest BCUT2D eigenvalue weighted by molar-refractivity contribution is 6.20. The Morgan fingerprint density at radius 3 is 2.42 bits per heavy atom. The van der Waals surface area contributed by atoms with Crippen molar-refractivity contribution in [3.63, 3.8) is 0 Å². The number of likely N-dealkylation sites (N-methyl/N-ethyl adjacent to an activating group) is 1. The lowest BCUT2D eigenvalue weighted by molar-refractivity contribution is -0.137. The van der Waals surface area contributed by atoms with Gasteiger partial charge < -0.3 is 4.90 Å². The Bertz CT molecular complexity index is 524. The summed E-state index contributed by atoms with van der Waals surface area (Å²) in [5.41, 5.74) is -0.958. The van der Waals surface area contributed by atoms with Gasteiger partial charge in [0.05, 0.1) is 5.56 Å². The molecule has 8 heteroatoms. The Kier molecular flexibility index (Phi) is 2.95. The van der Waals surface area contributed by atoms with E-state index in [-0.39, 0.29) is 5.82 Å². The van der Waals surface area contributed by atoms with Crippen LogP contribution in [0.25, 0.3) is 0 Å². The van der Waals surface area contributed by atoms with Crippen molar-refractivity contribution in [2.24, 2.45) is 0 Å². The van der Waals surface area contributed by atoms with Crippen molar-refractivity contribution in [3.8, 4) is 0 Å². The molecule has 1 atom stereocenters. The minimum atomic E-state index is -4.55. The number of nitrogens with zero attached hydrogens (tertiary/aromatic N) is 3. The Labute approximate surface area is 106 Å². The quantitative estimate of drug-likeness (QED) is 0.734. The second-order valence-corrected chi connectivity index (χ2v) is 4.14. The van der Waals surface area contributed by atoms with E-state index < -0.39 is 29.7 Å². The summed E-state index contributed by atoms with van der Waals surface area (Å²) in [6.07, 6.45) is -3.64. The summed E-state index contributed by atoms with van der Waals surface area (Å²) in [4.78, 5) is 29.1. The van der Waals surface area contributed by atoms with Gasteiger partial charge in [0.1, 0.15) is 11.9 Å². The normalized spacial score (nSPS) is 20.4. The molecule has 2 heterocycles. The molecule has 0 aromatic carbocycles. The molecular formula is C11H10F3N3O2. The zero-order valence-corrected chi connectivity index (χ0v) is 10.1. The molecular weight excluding hydrogens is 263 g/mol. The van der Waals surface area contributed by atoms with Crippen LogP contribution in [0, 0.1) is 0 Å². The van der Waals surface area contributed by atoms with Gasteiger partial charge in [-0.1, -0.05) is 0 Å². The van der Waals surface area contributed by atoms with Crippen molar-refractivity contribution in [2.75, 3.05) is 11.9 Å². The van der Waals surface area contributed by atoms with Gasteiger partial charge in [-0.15, -0.1) is 0 Å². The van der Waals surface area contributed by atoms with E-state index in [0.717, 1.165) is 17.2 Å². The Balaban J connectivity index is 2.43. The van der Waals surface area contributed by atoms with Crippen LogP contribution in [0.4, 0.5) is 23.8 Å². The van der Waals surface area contributed by atoms with E-state index in [1.807, 2.05) is 0 Å². The second kappa shape index (κ2) is 4.22. The van der Waals surface area contributed by atoms with Crippen LogP contribution < -0.4 is 4.90 Å². The number of hydrogen-bond acceptors (Lipinski definition) is 3.